The van der Waals surface area contributed by atoms with Crippen molar-refractivity contribution in [2.75, 3.05) is 0 Å². The van der Waals surface area contributed by atoms with Gasteiger partial charge in [-0.05, 0) is 12.1 Å². The summed E-state index contributed by atoms with van der Waals surface area (Å²) in [5, 5.41) is 10.9. The number of carboxylic acids is 1. The number of rotatable bonds is 3. The number of nitrogens with zero attached hydrogens (tertiary/aromatic N) is 3. The van der Waals surface area contributed by atoms with Gasteiger partial charge in [-0.3, -0.25) is 0 Å². The minimum absolute atomic E-state index is 0.312. The Morgan fingerprint density at radius 1 is 1.29 bits per heavy atom. The highest BCUT2D eigenvalue weighted by atomic mass is 35.5. The second-order valence-electron chi connectivity index (χ2n) is 4.25. The maximum absolute atomic E-state index is 13.8. The summed E-state index contributed by atoms with van der Waals surface area (Å²) in [6.45, 7) is -3.91. The predicted molar refractivity (Wildman–Crippen MR) is 66.0 cm³/mol. The van der Waals surface area contributed by atoms with Crippen molar-refractivity contribution in [2.45, 2.75) is 12.7 Å². The summed E-state index contributed by atoms with van der Waals surface area (Å²) in [5.41, 5.74) is -3.85. The fourth-order valence-corrected chi connectivity index (χ4v) is 2.00. The summed E-state index contributed by atoms with van der Waals surface area (Å²) in [6, 6.07) is 0.811. The van der Waals surface area contributed by atoms with E-state index in [0.29, 0.717) is 12.1 Å². The molecule has 0 fully saturated rings. The van der Waals surface area contributed by atoms with Gasteiger partial charge in [0, 0.05) is 0 Å². The number of aromatic nitrogens is 3. The highest BCUT2D eigenvalue weighted by molar-refractivity contribution is 6.33. The zero-order valence-electron chi connectivity index (χ0n) is 11.0. The van der Waals surface area contributed by atoms with Crippen molar-refractivity contribution in [3.05, 3.63) is 44.8 Å². The van der Waals surface area contributed by atoms with Crippen LogP contribution in [0.4, 0.5) is 26.3 Å². The lowest BCUT2D eigenvalue weighted by Gasteiger charge is -2.06. The first-order valence-electron chi connectivity index (χ1n) is 5.74. The highest BCUT2D eigenvalue weighted by Gasteiger charge is 2.41. The Hall–Kier alpha value is -2.50. The average molecular weight is 376 g/mol. The molecule has 0 unspecified atom stereocenters. The highest BCUT2D eigenvalue weighted by Crippen LogP contribution is 2.30. The number of carbonyl (C=O) groups is 1. The van der Waals surface area contributed by atoms with E-state index in [1.54, 1.807) is 0 Å². The first-order chi connectivity index (χ1) is 10.9. The molecule has 24 heavy (non-hydrogen) atoms. The quantitative estimate of drug-likeness (QED) is 0.837. The number of hydrogen-bond donors (Lipinski definition) is 1. The van der Waals surface area contributed by atoms with Crippen molar-refractivity contribution >= 4 is 17.6 Å². The molecule has 0 spiro atoms. The van der Waals surface area contributed by atoms with Crippen LogP contribution >= 0.6 is 11.6 Å². The minimum Gasteiger partial charge on any atom is -0.478 e. The van der Waals surface area contributed by atoms with E-state index in [-0.39, 0.29) is 4.68 Å². The molecule has 2 rings (SSSR count). The van der Waals surface area contributed by atoms with Crippen LogP contribution < -0.4 is 5.69 Å². The lowest BCUT2D eigenvalue weighted by molar-refractivity contribution is -0.152. The van der Waals surface area contributed by atoms with Crippen molar-refractivity contribution in [3.8, 4) is 5.69 Å². The van der Waals surface area contributed by atoms with Crippen LogP contribution in [-0.4, -0.2) is 25.4 Å². The molecule has 0 aliphatic rings. The SMILES string of the molecule is O=C(O)c1cc(-n2nc(C(F)(F)F)n(C(F)F)c2=O)c(F)cc1Cl. The number of carboxylic acid groups (broad SMARTS) is 1. The molecule has 6 nitrogen and oxygen atoms in total. The molecule has 1 aromatic carbocycles. The standard InChI is InChI=1S/C11H4ClF6N3O3/c12-4-2-5(13)6(1-3(4)7(22)23)21-10(24)20(9(14)15)8(19-21)11(16,17)18/h1-2,9H,(H,22,23). The van der Waals surface area contributed by atoms with E-state index in [2.05, 4.69) is 5.10 Å². The van der Waals surface area contributed by atoms with Gasteiger partial charge < -0.3 is 5.11 Å². The number of hydrogen-bond acceptors (Lipinski definition) is 3. The molecule has 0 saturated carbocycles. The van der Waals surface area contributed by atoms with Crippen LogP contribution in [0.5, 0.6) is 0 Å². The number of alkyl halides is 5. The lowest BCUT2D eigenvalue weighted by Crippen LogP contribution is -2.27. The fraction of sp³-hybridized carbons (Fsp3) is 0.182. The predicted octanol–water partition coefficient (Wildman–Crippen LogP) is 2.94. The maximum Gasteiger partial charge on any atom is 0.451 e. The second kappa shape index (κ2) is 5.85. The molecule has 0 aliphatic heterocycles. The summed E-state index contributed by atoms with van der Waals surface area (Å²) >= 11 is 5.45. The molecule has 1 heterocycles. The van der Waals surface area contributed by atoms with Gasteiger partial charge in [0.25, 0.3) is 0 Å². The van der Waals surface area contributed by atoms with Gasteiger partial charge in [-0.2, -0.15) is 26.6 Å². The van der Waals surface area contributed by atoms with Crippen LogP contribution in [0, 0.1) is 5.82 Å². The van der Waals surface area contributed by atoms with Gasteiger partial charge in [0.05, 0.1) is 10.6 Å². The molecule has 0 atom stereocenters. The number of benzene rings is 1. The Bertz CT molecular complexity index is 873. The smallest absolute Gasteiger partial charge is 0.451 e. The van der Waals surface area contributed by atoms with Crippen molar-refractivity contribution < 1.29 is 36.2 Å². The van der Waals surface area contributed by atoms with Crippen LogP contribution in [0.2, 0.25) is 5.02 Å². The third-order valence-electron chi connectivity index (χ3n) is 2.75. The van der Waals surface area contributed by atoms with Crippen LogP contribution in [0.3, 0.4) is 0 Å². The van der Waals surface area contributed by atoms with E-state index in [0.717, 1.165) is 0 Å². The monoisotopic (exact) mass is 375 g/mol. The average Bonchev–Trinajstić information content (AvgIpc) is 2.76. The summed E-state index contributed by atoms with van der Waals surface area (Å²) in [6.07, 6.45) is -5.43. The van der Waals surface area contributed by atoms with Crippen molar-refractivity contribution in [3.63, 3.8) is 0 Å². The van der Waals surface area contributed by atoms with Gasteiger partial charge in [-0.25, -0.2) is 18.5 Å². The molecule has 1 N–H and O–H groups in total. The molecule has 2 aromatic rings. The Morgan fingerprint density at radius 2 is 1.88 bits per heavy atom. The van der Waals surface area contributed by atoms with Crippen LogP contribution in [-0.2, 0) is 6.18 Å². The third kappa shape index (κ3) is 2.96. The van der Waals surface area contributed by atoms with Crippen LogP contribution in [0.1, 0.15) is 22.7 Å². The first-order valence-corrected chi connectivity index (χ1v) is 6.12. The van der Waals surface area contributed by atoms with E-state index in [9.17, 15) is 35.9 Å². The van der Waals surface area contributed by atoms with Crippen LogP contribution in [0.25, 0.3) is 5.69 Å². The van der Waals surface area contributed by atoms with Crippen LogP contribution in [0.15, 0.2) is 16.9 Å². The zero-order valence-corrected chi connectivity index (χ0v) is 11.7. The molecule has 1 aromatic heterocycles. The molecule has 130 valence electrons. The Kier molecular flexibility index (Phi) is 4.35. The van der Waals surface area contributed by atoms with E-state index in [1.807, 2.05) is 0 Å². The summed E-state index contributed by atoms with van der Waals surface area (Å²) in [5.74, 6) is -5.38. The largest absolute Gasteiger partial charge is 0.478 e. The minimum atomic E-state index is -5.43. The van der Waals surface area contributed by atoms with Gasteiger partial charge in [-0.1, -0.05) is 11.6 Å². The van der Waals surface area contributed by atoms with E-state index in [4.69, 9.17) is 16.7 Å². The zero-order chi connectivity index (χ0) is 18.4. The molecule has 0 bridgehead atoms. The van der Waals surface area contributed by atoms with E-state index in [1.165, 1.54) is 0 Å². The summed E-state index contributed by atoms with van der Waals surface area (Å²) in [7, 11) is 0. The number of aromatic carboxylic acids is 1. The summed E-state index contributed by atoms with van der Waals surface area (Å²) < 4.78 is 76.1. The summed E-state index contributed by atoms with van der Waals surface area (Å²) in [4.78, 5) is 22.7. The van der Waals surface area contributed by atoms with Crippen molar-refractivity contribution in [1.29, 1.82) is 0 Å². The normalized spacial score (nSPS) is 12.0. The molecular weight excluding hydrogens is 372 g/mol. The van der Waals surface area contributed by atoms with Crippen molar-refractivity contribution in [1.82, 2.24) is 14.3 Å². The Labute approximate surface area is 132 Å². The molecule has 0 amide bonds. The fourth-order valence-electron chi connectivity index (χ4n) is 1.77. The van der Waals surface area contributed by atoms with Gasteiger partial charge in [0.1, 0.15) is 5.69 Å². The van der Waals surface area contributed by atoms with Gasteiger partial charge in [0.15, 0.2) is 5.82 Å². The molecule has 0 aliphatic carbocycles. The van der Waals surface area contributed by atoms with Gasteiger partial charge in [0.2, 0.25) is 5.82 Å². The number of halogens is 7. The van der Waals surface area contributed by atoms with Crippen molar-refractivity contribution in [2.24, 2.45) is 0 Å². The van der Waals surface area contributed by atoms with Gasteiger partial charge in [-0.15, -0.1) is 5.10 Å². The lowest BCUT2D eigenvalue weighted by atomic mass is 10.2. The molecule has 13 heteroatoms. The first kappa shape index (κ1) is 17.8. The van der Waals surface area contributed by atoms with E-state index < -0.39 is 56.9 Å². The molecular formula is C11H4ClF6N3O3. The molecule has 0 saturated heterocycles. The van der Waals surface area contributed by atoms with Gasteiger partial charge >= 0.3 is 24.4 Å². The molecule has 0 radical (unpaired) electrons. The maximum atomic E-state index is 13.8. The second-order valence-corrected chi connectivity index (χ2v) is 4.66. The van der Waals surface area contributed by atoms with E-state index >= 15 is 0 Å². The Balaban J connectivity index is 2.82. The topological polar surface area (TPSA) is 77.1 Å². The Morgan fingerprint density at radius 3 is 2.29 bits per heavy atom. The third-order valence-corrected chi connectivity index (χ3v) is 3.07.